The minimum Gasteiger partial charge on any atom is -0.497 e. The third-order valence-corrected chi connectivity index (χ3v) is 6.93. The number of carbonyl (C=O) groups is 2. The van der Waals surface area contributed by atoms with Gasteiger partial charge in [-0.15, -0.1) is 10.2 Å². The number of carbonyl (C=O) groups excluding carboxylic acids is 2. The van der Waals surface area contributed by atoms with Crippen LogP contribution >= 0.6 is 11.3 Å². The molecule has 1 aliphatic rings. The number of aryl methyl sites for hydroxylation is 1. The van der Waals surface area contributed by atoms with E-state index in [1.807, 2.05) is 0 Å². The quantitative estimate of drug-likeness (QED) is 0.514. The van der Waals surface area contributed by atoms with Gasteiger partial charge in [-0.1, -0.05) is 24.2 Å². The van der Waals surface area contributed by atoms with Crippen molar-refractivity contribution < 1.29 is 14.3 Å². The standard InChI is InChI=1S/C24H35N5O3S/c1-18(29-16-5-3-4-6-17-29)14-15-25-21(30)8-7-9-22-27-28-24(33-22)23(31)26-19-10-12-20(32-2)13-11-19/h10-13,18H,3-9,14-17H2,1-2H3,(H,25,30)(H,26,31)/t18-/m1/s1. The van der Waals surface area contributed by atoms with Gasteiger partial charge in [0.05, 0.1) is 7.11 Å². The number of nitrogens with one attached hydrogen (secondary N) is 2. The van der Waals surface area contributed by atoms with Gasteiger partial charge in [0.25, 0.3) is 5.91 Å². The summed E-state index contributed by atoms with van der Waals surface area (Å²) in [5.41, 5.74) is 0.666. The van der Waals surface area contributed by atoms with Crippen LogP contribution in [0.25, 0.3) is 0 Å². The molecule has 1 aromatic carbocycles. The van der Waals surface area contributed by atoms with E-state index < -0.39 is 0 Å². The summed E-state index contributed by atoms with van der Waals surface area (Å²) < 4.78 is 5.11. The third kappa shape index (κ3) is 8.40. The number of hydrogen-bond donors (Lipinski definition) is 2. The molecule has 2 heterocycles. The van der Waals surface area contributed by atoms with E-state index in [1.54, 1.807) is 31.4 Å². The number of benzene rings is 1. The summed E-state index contributed by atoms with van der Waals surface area (Å²) in [4.78, 5) is 27.1. The van der Waals surface area contributed by atoms with Crippen LogP contribution in [0.15, 0.2) is 24.3 Å². The van der Waals surface area contributed by atoms with Crippen molar-refractivity contribution in [3.05, 3.63) is 34.3 Å². The molecule has 0 bridgehead atoms. The van der Waals surface area contributed by atoms with Crippen LogP contribution < -0.4 is 15.4 Å². The van der Waals surface area contributed by atoms with Gasteiger partial charge in [0.1, 0.15) is 10.8 Å². The number of amides is 2. The Morgan fingerprint density at radius 3 is 2.55 bits per heavy atom. The highest BCUT2D eigenvalue weighted by Gasteiger charge is 2.16. The molecular weight excluding hydrogens is 438 g/mol. The third-order valence-electron chi connectivity index (χ3n) is 5.95. The van der Waals surface area contributed by atoms with Crippen LogP contribution in [0.1, 0.15) is 66.7 Å². The summed E-state index contributed by atoms with van der Waals surface area (Å²) in [6, 6.07) is 7.61. The van der Waals surface area contributed by atoms with Crippen LogP contribution in [0.4, 0.5) is 5.69 Å². The number of likely N-dealkylation sites (tertiary alicyclic amines) is 1. The van der Waals surface area contributed by atoms with E-state index in [0.717, 1.165) is 17.2 Å². The first-order valence-corrected chi connectivity index (χ1v) is 12.7. The lowest BCUT2D eigenvalue weighted by molar-refractivity contribution is -0.121. The van der Waals surface area contributed by atoms with Gasteiger partial charge in [0.15, 0.2) is 0 Å². The van der Waals surface area contributed by atoms with Crippen molar-refractivity contribution in [1.29, 1.82) is 0 Å². The molecule has 0 unspecified atom stereocenters. The zero-order chi connectivity index (χ0) is 23.5. The van der Waals surface area contributed by atoms with Crippen LogP contribution in [-0.4, -0.2) is 59.7 Å². The van der Waals surface area contributed by atoms with Crippen LogP contribution in [0.2, 0.25) is 0 Å². The summed E-state index contributed by atoms with van der Waals surface area (Å²) in [5.74, 6) is 0.502. The molecule has 3 rings (SSSR count). The Kier molecular flexibility index (Phi) is 10.1. The Hall–Kier alpha value is -2.52. The van der Waals surface area contributed by atoms with Crippen LogP contribution in [0, 0.1) is 0 Å². The molecule has 8 nitrogen and oxygen atoms in total. The van der Waals surface area contributed by atoms with E-state index in [9.17, 15) is 9.59 Å². The monoisotopic (exact) mass is 473 g/mol. The molecule has 1 aliphatic heterocycles. The lowest BCUT2D eigenvalue weighted by Gasteiger charge is -2.27. The maximum atomic E-state index is 12.4. The summed E-state index contributed by atoms with van der Waals surface area (Å²) in [5, 5.41) is 15.0. The molecule has 0 radical (unpaired) electrons. The minimum atomic E-state index is -0.291. The van der Waals surface area contributed by atoms with Gasteiger partial charge in [-0.05, 0) is 70.0 Å². The molecule has 180 valence electrons. The summed E-state index contributed by atoms with van der Waals surface area (Å²) in [6.45, 7) is 5.33. The van der Waals surface area contributed by atoms with Crippen molar-refractivity contribution >= 4 is 28.8 Å². The zero-order valence-corrected chi connectivity index (χ0v) is 20.5. The molecule has 1 atom stereocenters. The van der Waals surface area contributed by atoms with E-state index in [4.69, 9.17) is 4.74 Å². The number of anilines is 1. The smallest absolute Gasteiger partial charge is 0.286 e. The van der Waals surface area contributed by atoms with E-state index in [1.165, 1.54) is 50.1 Å². The van der Waals surface area contributed by atoms with Crippen LogP contribution in [0.5, 0.6) is 5.75 Å². The number of ether oxygens (including phenoxy) is 1. The summed E-state index contributed by atoms with van der Waals surface area (Å²) >= 11 is 1.26. The second kappa shape index (κ2) is 13.3. The second-order valence-electron chi connectivity index (χ2n) is 8.47. The molecule has 2 N–H and O–H groups in total. The summed E-state index contributed by atoms with van der Waals surface area (Å²) in [6.07, 6.45) is 7.99. The predicted octanol–water partition coefficient (Wildman–Crippen LogP) is 3.89. The SMILES string of the molecule is COc1ccc(NC(=O)c2nnc(CCCC(=O)NCC[C@@H](C)N3CCCCCC3)s2)cc1. The van der Waals surface area contributed by atoms with E-state index in [-0.39, 0.29) is 11.8 Å². The van der Waals surface area contributed by atoms with Crippen molar-refractivity contribution in [2.24, 2.45) is 0 Å². The Morgan fingerprint density at radius 1 is 1.12 bits per heavy atom. The highest BCUT2D eigenvalue weighted by Crippen LogP contribution is 2.18. The molecule has 2 aromatic rings. The molecule has 33 heavy (non-hydrogen) atoms. The van der Waals surface area contributed by atoms with Gasteiger partial charge in [-0.25, -0.2) is 0 Å². The fraction of sp³-hybridized carbons (Fsp3) is 0.583. The second-order valence-corrected chi connectivity index (χ2v) is 9.54. The largest absolute Gasteiger partial charge is 0.497 e. The zero-order valence-electron chi connectivity index (χ0n) is 19.6. The molecule has 1 aromatic heterocycles. The maximum absolute atomic E-state index is 12.4. The number of aromatic nitrogens is 2. The average molecular weight is 474 g/mol. The fourth-order valence-corrected chi connectivity index (χ4v) is 4.71. The molecule has 0 spiro atoms. The first kappa shape index (κ1) is 25.1. The molecule has 1 saturated heterocycles. The van der Waals surface area contributed by atoms with Crippen molar-refractivity contribution in [3.63, 3.8) is 0 Å². The first-order chi connectivity index (χ1) is 16.0. The number of rotatable bonds is 11. The lowest BCUT2D eigenvalue weighted by atomic mass is 10.2. The van der Waals surface area contributed by atoms with Gasteiger partial charge < -0.3 is 20.3 Å². The molecular formula is C24H35N5O3S. The average Bonchev–Trinajstić information content (AvgIpc) is 3.12. The van der Waals surface area contributed by atoms with Crippen molar-refractivity contribution in [2.75, 3.05) is 32.1 Å². The molecule has 9 heteroatoms. The lowest BCUT2D eigenvalue weighted by Crippen LogP contribution is -2.37. The normalized spacial score (nSPS) is 15.5. The van der Waals surface area contributed by atoms with Gasteiger partial charge in [-0.2, -0.15) is 0 Å². The molecule has 0 saturated carbocycles. The highest BCUT2D eigenvalue weighted by atomic mass is 32.1. The fourth-order valence-electron chi connectivity index (χ4n) is 3.93. The van der Waals surface area contributed by atoms with Crippen molar-refractivity contribution in [3.8, 4) is 5.75 Å². The maximum Gasteiger partial charge on any atom is 0.286 e. The number of methoxy groups -OCH3 is 1. The number of nitrogens with zero attached hydrogens (tertiary/aromatic N) is 3. The van der Waals surface area contributed by atoms with Crippen LogP contribution in [-0.2, 0) is 11.2 Å². The van der Waals surface area contributed by atoms with Gasteiger partial charge in [0.2, 0.25) is 10.9 Å². The number of hydrogen-bond acceptors (Lipinski definition) is 7. The van der Waals surface area contributed by atoms with Crippen LogP contribution in [0.3, 0.4) is 0 Å². The molecule has 1 fully saturated rings. The first-order valence-electron chi connectivity index (χ1n) is 11.8. The Labute approximate surface area is 200 Å². The van der Waals surface area contributed by atoms with Crippen molar-refractivity contribution in [2.45, 2.75) is 64.3 Å². The molecule has 2 amide bonds. The predicted molar refractivity (Wildman–Crippen MR) is 131 cm³/mol. The Morgan fingerprint density at radius 2 is 1.85 bits per heavy atom. The highest BCUT2D eigenvalue weighted by molar-refractivity contribution is 7.13. The van der Waals surface area contributed by atoms with Gasteiger partial charge in [0, 0.05) is 31.1 Å². The molecule has 0 aliphatic carbocycles. The summed E-state index contributed by atoms with van der Waals surface area (Å²) in [7, 11) is 1.60. The van der Waals surface area contributed by atoms with Crippen molar-refractivity contribution in [1.82, 2.24) is 20.4 Å². The van der Waals surface area contributed by atoms with E-state index in [2.05, 4.69) is 32.7 Å². The van der Waals surface area contributed by atoms with E-state index >= 15 is 0 Å². The topological polar surface area (TPSA) is 96.5 Å². The van der Waals surface area contributed by atoms with Gasteiger partial charge in [-0.3, -0.25) is 9.59 Å². The van der Waals surface area contributed by atoms with E-state index in [0.29, 0.717) is 42.5 Å². The minimum absolute atomic E-state index is 0.0695. The van der Waals surface area contributed by atoms with Gasteiger partial charge >= 0.3 is 0 Å². The Bertz CT molecular complexity index is 878. The Balaban J connectivity index is 1.32.